The molecule has 0 fully saturated rings. The molecule has 0 atom stereocenters. The Bertz CT molecular complexity index is 615. The zero-order chi connectivity index (χ0) is 14.5. The van der Waals surface area contributed by atoms with E-state index in [9.17, 15) is 10.1 Å². The van der Waals surface area contributed by atoms with Gasteiger partial charge in [0.1, 0.15) is 5.02 Å². The fraction of sp³-hybridized carbons (Fsp3) is 0.364. The third-order valence-corrected chi connectivity index (χ3v) is 3.08. The lowest BCUT2D eigenvalue weighted by atomic mass is 10.2. The zero-order valence-electron chi connectivity index (χ0n) is 10.6. The van der Waals surface area contributed by atoms with Gasteiger partial charge in [-0.05, 0) is 41.9 Å². The summed E-state index contributed by atoms with van der Waals surface area (Å²) in [5.41, 5.74) is 5.82. The molecule has 2 rings (SSSR count). The maximum atomic E-state index is 10.9. The zero-order valence-corrected chi connectivity index (χ0v) is 11.3. The van der Waals surface area contributed by atoms with E-state index in [0.29, 0.717) is 24.5 Å². The monoisotopic (exact) mass is 296 g/mol. The Morgan fingerprint density at radius 1 is 1.40 bits per heavy atom. The summed E-state index contributed by atoms with van der Waals surface area (Å²) in [5.74, 6) is 0.474. The second kappa shape index (κ2) is 6.40. The molecule has 1 aromatic carbocycles. The van der Waals surface area contributed by atoms with Gasteiger partial charge in [0.25, 0.3) is 5.69 Å². The van der Waals surface area contributed by atoms with Gasteiger partial charge < -0.3 is 5.73 Å². The van der Waals surface area contributed by atoms with Gasteiger partial charge in [0.2, 0.25) is 0 Å². The summed E-state index contributed by atoms with van der Waals surface area (Å²) < 4.78 is 1.60. The van der Waals surface area contributed by atoms with Crippen LogP contribution in [0, 0.1) is 10.1 Å². The second-order valence-electron chi connectivity index (χ2n) is 4.14. The van der Waals surface area contributed by atoms with Crippen LogP contribution in [-0.2, 0) is 6.54 Å². The number of nitrogens with zero attached hydrogens (tertiary/aromatic N) is 5. The lowest BCUT2D eigenvalue weighted by Gasteiger charge is -2.04. The molecule has 0 saturated heterocycles. The molecule has 9 heteroatoms. The molecule has 106 valence electrons. The van der Waals surface area contributed by atoms with E-state index in [1.165, 1.54) is 12.1 Å². The molecule has 2 aromatic rings. The van der Waals surface area contributed by atoms with E-state index in [1.807, 2.05) is 0 Å². The molecule has 0 aliphatic rings. The Hall–Kier alpha value is -2.06. The highest BCUT2D eigenvalue weighted by atomic mass is 35.5. The Morgan fingerprint density at radius 2 is 2.20 bits per heavy atom. The quantitative estimate of drug-likeness (QED) is 0.492. The number of nitrogens with two attached hydrogens (primary N) is 1. The van der Waals surface area contributed by atoms with Crippen LogP contribution in [0.25, 0.3) is 11.4 Å². The summed E-state index contributed by atoms with van der Waals surface area (Å²) in [7, 11) is 0. The van der Waals surface area contributed by atoms with Crippen LogP contribution in [0.2, 0.25) is 5.02 Å². The molecule has 20 heavy (non-hydrogen) atoms. The van der Waals surface area contributed by atoms with Gasteiger partial charge in [-0.25, -0.2) is 4.68 Å². The molecule has 8 nitrogen and oxygen atoms in total. The summed E-state index contributed by atoms with van der Waals surface area (Å²) in [5, 5.41) is 22.3. The molecule has 2 N–H and O–H groups in total. The van der Waals surface area contributed by atoms with Crippen molar-refractivity contribution in [2.45, 2.75) is 19.4 Å². The van der Waals surface area contributed by atoms with Crippen LogP contribution in [0.5, 0.6) is 0 Å². The first-order valence-electron chi connectivity index (χ1n) is 6.04. The van der Waals surface area contributed by atoms with Gasteiger partial charge >= 0.3 is 0 Å². The number of hydrogen-bond donors (Lipinski definition) is 1. The van der Waals surface area contributed by atoms with Gasteiger partial charge in [-0.3, -0.25) is 10.1 Å². The van der Waals surface area contributed by atoms with Crippen molar-refractivity contribution in [3.8, 4) is 11.4 Å². The van der Waals surface area contributed by atoms with Gasteiger partial charge in [-0.1, -0.05) is 11.6 Å². The molecule has 0 unspecified atom stereocenters. The number of aryl methyl sites for hydroxylation is 1. The molecular weight excluding hydrogens is 284 g/mol. The van der Waals surface area contributed by atoms with Crippen LogP contribution in [0.1, 0.15) is 12.8 Å². The largest absolute Gasteiger partial charge is 0.330 e. The SMILES string of the molecule is NCCCCn1nnnc1-c1ccc(Cl)c([N+](=O)[O-])c1. The number of aromatic nitrogens is 4. The van der Waals surface area contributed by atoms with Gasteiger partial charge in [-0.15, -0.1) is 5.10 Å². The van der Waals surface area contributed by atoms with E-state index in [1.54, 1.807) is 10.7 Å². The molecule has 0 aliphatic heterocycles. The lowest BCUT2D eigenvalue weighted by Crippen LogP contribution is -2.06. The topological polar surface area (TPSA) is 113 Å². The first kappa shape index (κ1) is 14.4. The molecule has 0 amide bonds. The van der Waals surface area contributed by atoms with Gasteiger partial charge in [0, 0.05) is 18.2 Å². The Morgan fingerprint density at radius 3 is 2.90 bits per heavy atom. The van der Waals surface area contributed by atoms with Crippen LogP contribution < -0.4 is 5.73 Å². The van der Waals surface area contributed by atoms with Crippen molar-refractivity contribution in [3.63, 3.8) is 0 Å². The van der Waals surface area contributed by atoms with Crippen LogP contribution >= 0.6 is 11.6 Å². The second-order valence-corrected chi connectivity index (χ2v) is 4.55. The summed E-state index contributed by atoms with van der Waals surface area (Å²) in [4.78, 5) is 10.4. The fourth-order valence-electron chi connectivity index (χ4n) is 1.76. The fourth-order valence-corrected chi connectivity index (χ4v) is 1.95. The first-order valence-corrected chi connectivity index (χ1v) is 6.42. The van der Waals surface area contributed by atoms with Crippen molar-refractivity contribution < 1.29 is 4.92 Å². The van der Waals surface area contributed by atoms with Gasteiger partial charge in [0.05, 0.1) is 4.92 Å². The minimum atomic E-state index is -0.533. The smallest absolute Gasteiger partial charge is 0.288 e. The highest BCUT2D eigenvalue weighted by Crippen LogP contribution is 2.29. The van der Waals surface area contributed by atoms with Crippen molar-refractivity contribution in [2.75, 3.05) is 6.54 Å². The highest BCUT2D eigenvalue weighted by molar-refractivity contribution is 6.32. The van der Waals surface area contributed by atoms with Crippen molar-refractivity contribution in [2.24, 2.45) is 5.73 Å². The first-order chi connectivity index (χ1) is 9.63. The number of nitro groups is 1. The van der Waals surface area contributed by atoms with Crippen molar-refractivity contribution in [3.05, 3.63) is 33.3 Å². The van der Waals surface area contributed by atoms with Gasteiger partial charge in [-0.2, -0.15) is 0 Å². The number of benzene rings is 1. The van der Waals surface area contributed by atoms with Gasteiger partial charge in [0.15, 0.2) is 5.82 Å². The summed E-state index contributed by atoms with van der Waals surface area (Å²) in [6.07, 6.45) is 1.70. The van der Waals surface area contributed by atoms with Crippen LogP contribution in [-0.4, -0.2) is 31.7 Å². The number of rotatable bonds is 6. The van der Waals surface area contributed by atoms with Crippen LogP contribution in [0.3, 0.4) is 0 Å². The molecule has 0 saturated carbocycles. The van der Waals surface area contributed by atoms with E-state index >= 15 is 0 Å². The van der Waals surface area contributed by atoms with E-state index in [2.05, 4.69) is 15.5 Å². The number of hydrogen-bond acceptors (Lipinski definition) is 6. The average molecular weight is 297 g/mol. The van der Waals surface area contributed by atoms with Crippen LogP contribution in [0.15, 0.2) is 18.2 Å². The van der Waals surface area contributed by atoms with Crippen molar-refractivity contribution in [1.82, 2.24) is 20.2 Å². The Kier molecular flexibility index (Phi) is 4.59. The van der Waals surface area contributed by atoms with Crippen molar-refractivity contribution >= 4 is 17.3 Å². The highest BCUT2D eigenvalue weighted by Gasteiger charge is 2.16. The summed E-state index contributed by atoms with van der Waals surface area (Å²) >= 11 is 5.78. The molecule has 0 aliphatic carbocycles. The lowest BCUT2D eigenvalue weighted by molar-refractivity contribution is -0.384. The summed E-state index contributed by atoms with van der Waals surface area (Å²) in [6, 6.07) is 4.49. The standard InChI is InChI=1S/C11H13ClN6O2/c12-9-4-3-8(7-10(9)18(19)20)11-14-15-16-17(11)6-2-1-5-13/h3-4,7H,1-2,5-6,13H2. The van der Waals surface area contributed by atoms with Crippen molar-refractivity contribution in [1.29, 1.82) is 0 Å². The number of tetrazole rings is 1. The summed E-state index contributed by atoms with van der Waals surface area (Å²) in [6.45, 7) is 1.21. The normalized spacial score (nSPS) is 10.7. The van der Waals surface area contributed by atoms with E-state index in [-0.39, 0.29) is 10.7 Å². The minimum absolute atomic E-state index is 0.0842. The maximum absolute atomic E-state index is 10.9. The third kappa shape index (κ3) is 3.09. The minimum Gasteiger partial charge on any atom is -0.330 e. The molecule has 1 heterocycles. The molecule has 0 spiro atoms. The maximum Gasteiger partial charge on any atom is 0.288 e. The van der Waals surface area contributed by atoms with Crippen LogP contribution in [0.4, 0.5) is 5.69 Å². The van der Waals surface area contributed by atoms with E-state index in [4.69, 9.17) is 17.3 Å². The number of nitro benzene ring substituents is 1. The van der Waals surface area contributed by atoms with E-state index < -0.39 is 4.92 Å². The predicted octanol–water partition coefficient (Wildman–Crippen LogP) is 1.64. The van der Waals surface area contributed by atoms with E-state index in [0.717, 1.165) is 12.8 Å². The Labute approximate surface area is 119 Å². The number of unbranched alkanes of at least 4 members (excludes halogenated alkanes) is 1. The molecule has 0 bridgehead atoms. The third-order valence-electron chi connectivity index (χ3n) is 2.76. The molecular formula is C11H13ClN6O2. The number of halogens is 1. The molecule has 0 radical (unpaired) electrons. The molecule has 1 aromatic heterocycles. The average Bonchev–Trinajstić information content (AvgIpc) is 2.88. The Balaban J connectivity index is 2.30. The predicted molar refractivity (Wildman–Crippen MR) is 73.2 cm³/mol.